The first-order chi connectivity index (χ1) is 16.1. The van der Waals surface area contributed by atoms with E-state index in [4.69, 9.17) is 14.2 Å². The highest BCUT2D eigenvalue weighted by molar-refractivity contribution is 5.81. The van der Waals surface area contributed by atoms with Crippen LogP contribution in [-0.2, 0) is 27.4 Å². The van der Waals surface area contributed by atoms with E-state index in [9.17, 15) is 14.4 Å². The van der Waals surface area contributed by atoms with Crippen molar-refractivity contribution in [3.05, 3.63) is 76.1 Å². The lowest BCUT2D eigenvalue weighted by molar-refractivity contribution is -0.142. The Kier molecular flexibility index (Phi) is 7.94. The normalized spacial score (nSPS) is 11.2. The summed E-state index contributed by atoms with van der Waals surface area (Å²) in [5.41, 5.74) is 1.25. The zero-order valence-corrected chi connectivity index (χ0v) is 19.9. The van der Waals surface area contributed by atoms with E-state index >= 15 is 0 Å². The number of nitrogens with zero attached hydrogens (tertiary/aromatic N) is 1. The smallest absolute Gasteiger partial charge is 0.407 e. The number of ether oxygens (including phenoxy) is 3. The van der Waals surface area contributed by atoms with Gasteiger partial charge in [-0.15, -0.1) is 0 Å². The molecule has 0 saturated carbocycles. The average Bonchev–Trinajstić information content (AvgIpc) is 2.77. The van der Waals surface area contributed by atoms with Crippen molar-refractivity contribution in [3.8, 4) is 5.75 Å². The Bertz CT molecular complexity index is 1210. The average molecular weight is 467 g/mol. The number of pyridine rings is 1. The summed E-state index contributed by atoms with van der Waals surface area (Å²) in [5.74, 6) is 0.116. The molecule has 8 heteroatoms. The molecule has 0 saturated heterocycles. The number of rotatable bonds is 8. The highest BCUT2D eigenvalue weighted by Crippen LogP contribution is 2.22. The van der Waals surface area contributed by atoms with Crippen LogP contribution in [0.1, 0.15) is 38.8 Å². The van der Waals surface area contributed by atoms with Crippen LogP contribution < -0.4 is 15.6 Å². The fourth-order valence-corrected chi connectivity index (χ4v) is 3.34. The molecule has 1 aromatic heterocycles. The maximum Gasteiger partial charge on any atom is 0.407 e. The molecule has 180 valence electrons. The molecule has 8 nitrogen and oxygen atoms in total. The Hall–Kier alpha value is -3.81. The highest BCUT2D eigenvalue weighted by Gasteiger charge is 2.16. The molecule has 2 aromatic carbocycles. The van der Waals surface area contributed by atoms with Crippen LogP contribution in [0.5, 0.6) is 5.75 Å². The molecule has 0 fully saturated rings. The molecule has 1 heterocycles. The van der Waals surface area contributed by atoms with E-state index in [-0.39, 0.29) is 25.3 Å². The summed E-state index contributed by atoms with van der Waals surface area (Å²) in [6, 6.07) is 16.8. The first-order valence-electron chi connectivity index (χ1n) is 11.1. The summed E-state index contributed by atoms with van der Waals surface area (Å²) in [6.45, 7) is 7.47. The molecule has 1 N–H and O–H groups in total. The molecule has 0 bridgehead atoms. The maximum absolute atomic E-state index is 13.2. The van der Waals surface area contributed by atoms with E-state index in [1.807, 2.05) is 36.4 Å². The molecule has 0 aliphatic carbocycles. The summed E-state index contributed by atoms with van der Waals surface area (Å²) < 4.78 is 17.7. The highest BCUT2D eigenvalue weighted by atomic mass is 16.6. The van der Waals surface area contributed by atoms with Gasteiger partial charge in [0.05, 0.1) is 24.2 Å². The van der Waals surface area contributed by atoms with Crippen LogP contribution in [0.3, 0.4) is 0 Å². The number of nitrogens with one attached hydrogen (secondary N) is 1. The lowest BCUT2D eigenvalue weighted by atomic mass is 10.1. The summed E-state index contributed by atoms with van der Waals surface area (Å²) in [6.07, 6.45) is -0.508. The van der Waals surface area contributed by atoms with Crippen molar-refractivity contribution in [3.63, 3.8) is 0 Å². The van der Waals surface area contributed by atoms with Gasteiger partial charge < -0.3 is 24.1 Å². The lowest BCUT2D eigenvalue weighted by Crippen LogP contribution is -2.34. The van der Waals surface area contributed by atoms with E-state index in [2.05, 4.69) is 5.32 Å². The molecule has 3 aromatic rings. The molecular weight excluding hydrogens is 436 g/mol. The van der Waals surface area contributed by atoms with Crippen LogP contribution in [-0.4, -0.2) is 35.4 Å². The third-order valence-electron chi connectivity index (χ3n) is 4.80. The van der Waals surface area contributed by atoms with Gasteiger partial charge in [-0.25, -0.2) is 4.79 Å². The number of amides is 1. The number of hydrogen-bond acceptors (Lipinski definition) is 6. The van der Waals surface area contributed by atoms with Crippen LogP contribution in [0.25, 0.3) is 10.9 Å². The predicted octanol–water partition coefficient (Wildman–Crippen LogP) is 4.02. The topological polar surface area (TPSA) is 95.9 Å². The fourth-order valence-electron chi connectivity index (χ4n) is 3.34. The van der Waals surface area contributed by atoms with Crippen molar-refractivity contribution in [1.29, 1.82) is 0 Å². The van der Waals surface area contributed by atoms with Crippen LogP contribution in [0.4, 0.5) is 4.79 Å². The van der Waals surface area contributed by atoms with Gasteiger partial charge in [-0.3, -0.25) is 9.59 Å². The summed E-state index contributed by atoms with van der Waals surface area (Å²) in [5, 5.41) is 3.46. The van der Waals surface area contributed by atoms with Gasteiger partial charge in [-0.2, -0.15) is 0 Å². The van der Waals surface area contributed by atoms with Gasteiger partial charge in [0.1, 0.15) is 24.6 Å². The molecule has 0 radical (unpaired) electrons. The fraction of sp³-hybridized carbons (Fsp3) is 0.346. The van der Waals surface area contributed by atoms with Gasteiger partial charge in [-0.1, -0.05) is 30.3 Å². The first-order valence-corrected chi connectivity index (χ1v) is 11.1. The molecule has 0 unspecified atom stereocenters. The molecular formula is C26H30N2O6. The number of carbonyl (C=O) groups excluding carboxylic acids is 2. The maximum atomic E-state index is 13.2. The number of carbonyl (C=O) groups is 2. The van der Waals surface area contributed by atoms with E-state index in [0.717, 1.165) is 10.9 Å². The molecule has 0 spiro atoms. The standard InChI is InChI=1S/C26H30N2O6/c1-18(29)33-17-21-14-20-10-11-22(32-13-12-27-25(31)34-26(2,3)4)15-23(20)28(24(21)30)16-19-8-6-5-7-9-19/h5-11,14-15H,12-13,16-17H2,1-4H3,(H,27,31). The second kappa shape index (κ2) is 10.9. The van der Waals surface area contributed by atoms with Crippen molar-refractivity contribution >= 4 is 23.0 Å². The van der Waals surface area contributed by atoms with Crippen LogP contribution in [0.2, 0.25) is 0 Å². The van der Waals surface area contributed by atoms with E-state index in [1.165, 1.54) is 6.92 Å². The van der Waals surface area contributed by atoms with Gasteiger partial charge in [0.25, 0.3) is 5.56 Å². The molecule has 0 aliphatic rings. The van der Waals surface area contributed by atoms with Crippen LogP contribution in [0.15, 0.2) is 59.4 Å². The van der Waals surface area contributed by atoms with Crippen LogP contribution >= 0.6 is 0 Å². The number of esters is 1. The van der Waals surface area contributed by atoms with Gasteiger partial charge in [0, 0.05) is 13.0 Å². The second-order valence-electron chi connectivity index (χ2n) is 8.82. The molecule has 1 amide bonds. The van der Waals surface area contributed by atoms with Crippen molar-refractivity contribution in [2.75, 3.05) is 13.2 Å². The van der Waals surface area contributed by atoms with Crippen molar-refractivity contribution in [2.45, 2.75) is 46.4 Å². The third-order valence-corrected chi connectivity index (χ3v) is 4.80. The van der Waals surface area contributed by atoms with Crippen molar-refractivity contribution in [1.82, 2.24) is 9.88 Å². The molecule has 0 atom stereocenters. The van der Waals surface area contributed by atoms with Gasteiger partial charge in [0.2, 0.25) is 0 Å². The summed E-state index contributed by atoms with van der Waals surface area (Å²) >= 11 is 0. The third kappa shape index (κ3) is 7.10. The Morgan fingerprint density at radius 2 is 1.76 bits per heavy atom. The lowest BCUT2D eigenvalue weighted by Gasteiger charge is -2.19. The first kappa shape index (κ1) is 24.8. The quantitative estimate of drug-likeness (QED) is 0.398. The minimum Gasteiger partial charge on any atom is -0.492 e. The molecule has 34 heavy (non-hydrogen) atoms. The SMILES string of the molecule is CC(=O)OCc1cc2ccc(OCCNC(=O)OC(C)(C)C)cc2n(Cc2ccccc2)c1=O. The predicted molar refractivity (Wildman–Crippen MR) is 129 cm³/mol. The largest absolute Gasteiger partial charge is 0.492 e. The Balaban J connectivity index is 1.82. The number of alkyl carbamates (subject to hydrolysis) is 1. The van der Waals surface area contributed by atoms with E-state index < -0.39 is 17.7 Å². The van der Waals surface area contributed by atoms with Crippen molar-refractivity contribution < 1.29 is 23.8 Å². The van der Waals surface area contributed by atoms with Gasteiger partial charge in [0.15, 0.2) is 0 Å². The number of aromatic nitrogens is 1. The van der Waals surface area contributed by atoms with Gasteiger partial charge >= 0.3 is 12.1 Å². The monoisotopic (exact) mass is 466 g/mol. The van der Waals surface area contributed by atoms with Crippen LogP contribution in [0, 0.1) is 0 Å². The molecule has 3 rings (SSSR count). The van der Waals surface area contributed by atoms with Gasteiger partial charge in [-0.05, 0) is 49.9 Å². The zero-order chi connectivity index (χ0) is 24.7. The second-order valence-corrected chi connectivity index (χ2v) is 8.82. The Labute approximate surface area is 198 Å². The van der Waals surface area contributed by atoms with E-state index in [0.29, 0.717) is 23.4 Å². The number of benzene rings is 2. The minimum absolute atomic E-state index is 0.0898. The number of fused-ring (bicyclic) bond motifs is 1. The zero-order valence-electron chi connectivity index (χ0n) is 19.9. The van der Waals surface area contributed by atoms with E-state index in [1.54, 1.807) is 43.5 Å². The Morgan fingerprint density at radius 3 is 2.44 bits per heavy atom. The molecule has 0 aliphatic heterocycles. The Morgan fingerprint density at radius 1 is 1.03 bits per heavy atom. The summed E-state index contributed by atoms with van der Waals surface area (Å²) in [7, 11) is 0. The minimum atomic E-state index is -0.569. The summed E-state index contributed by atoms with van der Waals surface area (Å²) in [4.78, 5) is 36.3. The van der Waals surface area contributed by atoms with Crippen molar-refractivity contribution in [2.24, 2.45) is 0 Å². The number of hydrogen-bond donors (Lipinski definition) is 1.